The molecule has 5 rings (SSSR count). The maximum Gasteiger partial charge on any atom is 0.328 e. The van der Waals surface area contributed by atoms with E-state index in [1.54, 1.807) is 56.9 Å². The molecular formula is C24H27N5O5S. The fraction of sp³-hybridized carbons (Fsp3) is 0.333. The van der Waals surface area contributed by atoms with Crippen LogP contribution in [0.1, 0.15) is 18.7 Å². The zero-order chi connectivity index (χ0) is 24.9. The van der Waals surface area contributed by atoms with Crippen molar-refractivity contribution in [2.24, 2.45) is 27.1 Å². The average Bonchev–Trinajstić information content (AvgIpc) is 3.56. The first-order chi connectivity index (χ1) is 16.6. The van der Waals surface area contributed by atoms with Gasteiger partial charge in [0.05, 0.1) is 23.3 Å². The Labute approximate surface area is 202 Å². The van der Waals surface area contributed by atoms with E-state index < -0.39 is 10.0 Å². The third-order valence-electron chi connectivity index (χ3n) is 6.20. The molecule has 35 heavy (non-hydrogen) atoms. The molecule has 1 fully saturated rings. The van der Waals surface area contributed by atoms with Gasteiger partial charge in [-0.2, -0.15) is 8.42 Å². The van der Waals surface area contributed by atoms with E-state index in [-0.39, 0.29) is 22.2 Å². The van der Waals surface area contributed by atoms with E-state index in [1.807, 2.05) is 12.1 Å². The van der Waals surface area contributed by atoms with Crippen molar-refractivity contribution >= 4 is 26.7 Å². The number of benzene rings is 2. The van der Waals surface area contributed by atoms with Crippen molar-refractivity contribution in [3.63, 3.8) is 0 Å². The Morgan fingerprint density at radius 1 is 1.06 bits per heavy atom. The number of sulfonamides is 1. The minimum atomic E-state index is -4.01. The molecule has 10 nitrogen and oxygen atoms in total. The van der Waals surface area contributed by atoms with E-state index in [4.69, 9.17) is 9.47 Å². The van der Waals surface area contributed by atoms with E-state index in [2.05, 4.69) is 9.71 Å². The molecule has 0 saturated heterocycles. The van der Waals surface area contributed by atoms with Crippen molar-refractivity contribution in [1.82, 2.24) is 18.7 Å². The number of hydrogen-bond acceptors (Lipinski definition) is 6. The number of ether oxygens (including phenoxy) is 2. The number of fused-ring (bicyclic) bond motifs is 1. The summed E-state index contributed by atoms with van der Waals surface area (Å²) in [6.45, 7) is 2.38. The van der Waals surface area contributed by atoms with Gasteiger partial charge in [-0.1, -0.05) is 6.07 Å². The second-order valence-electron chi connectivity index (χ2n) is 8.91. The van der Waals surface area contributed by atoms with E-state index in [1.165, 1.54) is 28.2 Å². The van der Waals surface area contributed by atoms with Crippen LogP contribution in [0.25, 0.3) is 11.0 Å². The van der Waals surface area contributed by atoms with Crippen molar-refractivity contribution < 1.29 is 17.9 Å². The number of nitrogens with one attached hydrogen (secondary N) is 1. The van der Waals surface area contributed by atoms with Crippen molar-refractivity contribution in [1.29, 1.82) is 0 Å². The zero-order valence-corrected chi connectivity index (χ0v) is 20.8. The van der Waals surface area contributed by atoms with Gasteiger partial charge < -0.3 is 14.0 Å². The van der Waals surface area contributed by atoms with Gasteiger partial charge in [0.2, 0.25) is 0 Å². The normalized spacial score (nSPS) is 13.8. The molecule has 0 aliphatic heterocycles. The van der Waals surface area contributed by atoms with Gasteiger partial charge in [-0.05, 0) is 43.9 Å². The third kappa shape index (κ3) is 4.51. The van der Waals surface area contributed by atoms with Crippen LogP contribution < -0.4 is 19.9 Å². The molecule has 0 unspecified atom stereocenters. The third-order valence-corrected chi connectivity index (χ3v) is 7.43. The van der Waals surface area contributed by atoms with Crippen molar-refractivity contribution in [3.05, 3.63) is 58.9 Å². The molecule has 1 aliphatic rings. The van der Waals surface area contributed by atoms with Gasteiger partial charge in [-0.15, -0.1) is 0 Å². The summed E-state index contributed by atoms with van der Waals surface area (Å²) in [7, 11) is 0.993. The van der Waals surface area contributed by atoms with Crippen LogP contribution in [0.4, 0.5) is 5.69 Å². The molecule has 4 aromatic rings. The summed E-state index contributed by atoms with van der Waals surface area (Å²) < 4.78 is 45.4. The van der Waals surface area contributed by atoms with Gasteiger partial charge in [0.25, 0.3) is 10.0 Å². The summed E-state index contributed by atoms with van der Waals surface area (Å²) in [6.07, 6.45) is 3.81. The highest BCUT2D eigenvalue weighted by Gasteiger charge is 2.24. The Morgan fingerprint density at radius 2 is 1.74 bits per heavy atom. The lowest BCUT2D eigenvalue weighted by Crippen LogP contribution is -2.19. The van der Waals surface area contributed by atoms with Gasteiger partial charge in [-0.25, -0.2) is 9.78 Å². The number of rotatable bonds is 8. The van der Waals surface area contributed by atoms with E-state index in [0.717, 1.165) is 0 Å². The number of hydrogen-bond donors (Lipinski definition) is 1. The SMILES string of the molecule is Cc1nc(S(=O)(=O)Nc2cc3c(cc2Oc2cccc(OCC4CC4)c2)n(C)c(=O)n3C)cn1C. The maximum absolute atomic E-state index is 13.1. The standard InChI is InChI=1S/C24H27N5O5S/c1-15-25-23(13-27(15)2)35(31,32)26-19-11-20-21(29(4)24(30)28(20)3)12-22(19)34-18-7-5-6-17(10-18)33-14-16-8-9-16/h5-7,10-13,16,26H,8-9,14H2,1-4H3. The summed E-state index contributed by atoms with van der Waals surface area (Å²) in [5.74, 6) is 2.57. The number of imidazole rings is 2. The molecule has 1 saturated carbocycles. The van der Waals surface area contributed by atoms with Crippen LogP contribution in [0.3, 0.4) is 0 Å². The smallest absolute Gasteiger partial charge is 0.328 e. The molecule has 0 radical (unpaired) electrons. The van der Waals surface area contributed by atoms with Gasteiger partial charge in [0, 0.05) is 39.5 Å². The lowest BCUT2D eigenvalue weighted by atomic mass is 10.2. The zero-order valence-electron chi connectivity index (χ0n) is 20.0. The van der Waals surface area contributed by atoms with Crippen LogP contribution in [-0.4, -0.2) is 33.7 Å². The molecular weight excluding hydrogens is 470 g/mol. The number of nitrogens with zero attached hydrogens (tertiary/aromatic N) is 4. The molecule has 2 aromatic heterocycles. The fourth-order valence-electron chi connectivity index (χ4n) is 3.80. The predicted molar refractivity (Wildman–Crippen MR) is 132 cm³/mol. The molecule has 0 amide bonds. The first kappa shape index (κ1) is 23.0. The molecule has 0 atom stereocenters. The number of aromatic nitrogens is 4. The molecule has 184 valence electrons. The second kappa shape index (κ2) is 8.49. The lowest BCUT2D eigenvalue weighted by Gasteiger charge is -2.14. The maximum atomic E-state index is 13.1. The highest BCUT2D eigenvalue weighted by molar-refractivity contribution is 7.92. The Balaban J connectivity index is 1.55. The highest BCUT2D eigenvalue weighted by Crippen LogP contribution is 2.36. The first-order valence-corrected chi connectivity index (χ1v) is 12.7. The highest BCUT2D eigenvalue weighted by atomic mass is 32.2. The van der Waals surface area contributed by atoms with Gasteiger partial charge >= 0.3 is 5.69 Å². The molecule has 1 N–H and O–H groups in total. The summed E-state index contributed by atoms with van der Waals surface area (Å²) in [6, 6.07) is 10.4. The van der Waals surface area contributed by atoms with Crippen LogP contribution in [0.2, 0.25) is 0 Å². The van der Waals surface area contributed by atoms with Crippen LogP contribution in [0.15, 0.2) is 52.4 Å². The fourth-order valence-corrected chi connectivity index (χ4v) is 4.90. The average molecular weight is 498 g/mol. The number of anilines is 1. The molecule has 2 heterocycles. The van der Waals surface area contributed by atoms with Crippen LogP contribution in [-0.2, 0) is 31.2 Å². The predicted octanol–water partition coefficient (Wildman–Crippen LogP) is 3.30. The monoisotopic (exact) mass is 497 g/mol. The Kier molecular flexibility index (Phi) is 5.59. The van der Waals surface area contributed by atoms with Crippen molar-refractivity contribution in [2.45, 2.75) is 24.8 Å². The summed E-state index contributed by atoms with van der Waals surface area (Å²) in [5.41, 5.74) is 1.11. The largest absolute Gasteiger partial charge is 0.493 e. The number of aryl methyl sites for hydroxylation is 4. The minimum absolute atomic E-state index is 0.110. The molecule has 0 bridgehead atoms. The van der Waals surface area contributed by atoms with E-state index in [0.29, 0.717) is 40.9 Å². The lowest BCUT2D eigenvalue weighted by molar-refractivity contribution is 0.298. The van der Waals surface area contributed by atoms with Gasteiger partial charge in [0.1, 0.15) is 17.3 Å². The Hall–Kier alpha value is -3.73. The van der Waals surface area contributed by atoms with Crippen LogP contribution >= 0.6 is 0 Å². The van der Waals surface area contributed by atoms with Crippen molar-refractivity contribution in [3.8, 4) is 17.2 Å². The molecule has 11 heteroatoms. The van der Waals surface area contributed by atoms with Crippen molar-refractivity contribution in [2.75, 3.05) is 11.3 Å². The first-order valence-electron chi connectivity index (χ1n) is 11.3. The summed E-state index contributed by atoms with van der Waals surface area (Å²) in [4.78, 5) is 16.6. The van der Waals surface area contributed by atoms with Crippen LogP contribution in [0.5, 0.6) is 17.2 Å². The van der Waals surface area contributed by atoms with Crippen LogP contribution in [0, 0.1) is 12.8 Å². The quantitative estimate of drug-likeness (QED) is 0.400. The Bertz CT molecular complexity index is 1570. The minimum Gasteiger partial charge on any atom is -0.493 e. The Morgan fingerprint density at radius 3 is 2.40 bits per heavy atom. The molecule has 1 aliphatic carbocycles. The van der Waals surface area contributed by atoms with E-state index >= 15 is 0 Å². The topological polar surface area (TPSA) is 109 Å². The van der Waals surface area contributed by atoms with Gasteiger partial charge in [-0.3, -0.25) is 13.9 Å². The molecule has 0 spiro atoms. The second-order valence-corrected chi connectivity index (χ2v) is 10.5. The van der Waals surface area contributed by atoms with E-state index in [9.17, 15) is 13.2 Å². The summed E-state index contributed by atoms with van der Waals surface area (Å²) >= 11 is 0. The molecule has 2 aromatic carbocycles. The van der Waals surface area contributed by atoms with Gasteiger partial charge in [0.15, 0.2) is 10.8 Å². The summed E-state index contributed by atoms with van der Waals surface area (Å²) in [5, 5.41) is -0.110.